The van der Waals surface area contributed by atoms with Crippen molar-refractivity contribution in [3.63, 3.8) is 0 Å². The summed E-state index contributed by atoms with van der Waals surface area (Å²) in [5, 5.41) is 20.1. The van der Waals surface area contributed by atoms with Gasteiger partial charge in [0.05, 0.1) is 5.69 Å². The summed E-state index contributed by atoms with van der Waals surface area (Å²) in [5.74, 6) is -0.887. The molecule has 0 unspecified atom stereocenters. The van der Waals surface area contributed by atoms with Gasteiger partial charge in [0.15, 0.2) is 5.82 Å². The highest BCUT2D eigenvalue weighted by Crippen LogP contribution is 2.16. The first kappa shape index (κ1) is 12.8. The summed E-state index contributed by atoms with van der Waals surface area (Å²) >= 11 is 0. The van der Waals surface area contributed by atoms with Crippen molar-refractivity contribution in [2.24, 2.45) is 0 Å². The lowest BCUT2D eigenvalue weighted by atomic mass is 10.2. The number of carboxylic acid groups (broad SMARTS) is 1. The zero-order valence-electron chi connectivity index (χ0n) is 10.5. The first-order valence-electron chi connectivity index (χ1n) is 5.75. The van der Waals surface area contributed by atoms with Crippen molar-refractivity contribution in [1.82, 2.24) is 15.0 Å². The second-order valence-corrected chi connectivity index (χ2v) is 3.95. The smallest absolute Gasteiger partial charge is 0.360 e. The van der Waals surface area contributed by atoms with Crippen LogP contribution in [0.4, 0.5) is 5.82 Å². The summed E-state index contributed by atoms with van der Waals surface area (Å²) in [5.41, 5.74) is 1.60. The van der Waals surface area contributed by atoms with Crippen molar-refractivity contribution in [1.29, 1.82) is 0 Å². The maximum atomic E-state index is 11.1. The second-order valence-electron chi connectivity index (χ2n) is 3.95. The van der Waals surface area contributed by atoms with E-state index in [4.69, 9.17) is 5.11 Å². The van der Waals surface area contributed by atoms with E-state index in [2.05, 4.69) is 22.1 Å². The van der Waals surface area contributed by atoms with Crippen LogP contribution in [0.15, 0.2) is 36.9 Å². The summed E-state index contributed by atoms with van der Waals surface area (Å²) in [6.45, 7) is 5.90. The number of anilines is 1. The normalized spacial score (nSPS) is 10.2. The highest BCUT2D eigenvalue weighted by Gasteiger charge is 2.18. The Balaban J connectivity index is 2.45. The SMILES string of the molecule is C=CCNc1nn(-c2ccccc2C)nc1C(=O)O. The summed E-state index contributed by atoms with van der Waals surface area (Å²) < 4.78 is 0. The molecule has 1 aromatic carbocycles. The third kappa shape index (κ3) is 2.62. The predicted molar refractivity (Wildman–Crippen MR) is 71.7 cm³/mol. The first-order valence-corrected chi connectivity index (χ1v) is 5.75. The van der Waals surface area contributed by atoms with Crippen LogP contribution in [0.2, 0.25) is 0 Å². The molecule has 19 heavy (non-hydrogen) atoms. The van der Waals surface area contributed by atoms with Crippen LogP contribution in [0.1, 0.15) is 16.1 Å². The zero-order chi connectivity index (χ0) is 13.8. The van der Waals surface area contributed by atoms with Gasteiger partial charge < -0.3 is 10.4 Å². The molecule has 0 radical (unpaired) electrons. The van der Waals surface area contributed by atoms with Gasteiger partial charge in [0.25, 0.3) is 0 Å². The minimum Gasteiger partial charge on any atom is -0.476 e. The molecular weight excluding hydrogens is 244 g/mol. The molecule has 1 aromatic heterocycles. The largest absolute Gasteiger partial charge is 0.476 e. The summed E-state index contributed by atoms with van der Waals surface area (Å²) in [7, 11) is 0. The average Bonchev–Trinajstić information content (AvgIpc) is 2.81. The molecule has 0 aliphatic carbocycles. The number of benzene rings is 1. The first-order chi connectivity index (χ1) is 9.13. The molecular formula is C13H14N4O2. The molecule has 2 aromatic rings. The molecule has 6 heteroatoms. The fraction of sp³-hybridized carbons (Fsp3) is 0.154. The number of aryl methyl sites for hydroxylation is 1. The lowest BCUT2D eigenvalue weighted by molar-refractivity contribution is 0.0691. The molecule has 0 amide bonds. The third-order valence-electron chi connectivity index (χ3n) is 2.56. The molecule has 6 nitrogen and oxygen atoms in total. The lowest BCUT2D eigenvalue weighted by Gasteiger charge is -2.02. The van der Waals surface area contributed by atoms with Gasteiger partial charge in [-0.2, -0.15) is 0 Å². The lowest BCUT2D eigenvalue weighted by Crippen LogP contribution is -2.05. The van der Waals surface area contributed by atoms with Crippen molar-refractivity contribution in [3.05, 3.63) is 48.2 Å². The number of carbonyl (C=O) groups is 1. The minimum atomic E-state index is -1.12. The fourth-order valence-electron chi connectivity index (χ4n) is 1.63. The molecule has 0 aliphatic heterocycles. The number of rotatable bonds is 5. The molecule has 0 aliphatic rings. The number of carboxylic acids is 1. The van der Waals surface area contributed by atoms with Gasteiger partial charge in [-0.25, -0.2) is 4.79 Å². The van der Waals surface area contributed by atoms with Crippen molar-refractivity contribution in [2.75, 3.05) is 11.9 Å². The van der Waals surface area contributed by atoms with Crippen molar-refractivity contribution in [3.8, 4) is 5.69 Å². The Kier molecular flexibility index (Phi) is 3.61. The van der Waals surface area contributed by atoms with Gasteiger partial charge in [-0.3, -0.25) is 0 Å². The fourth-order valence-corrected chi connectivity index (χ4v) is 1.63. The molecule has 98 valence electrons. The van der Waals surface area contributed by atoms with E-state index in [1.165, 1.54) is 4.80 Å². The molecule has 0 saturated carbocycles. The summed E-state index contributed by atoms with van der Waals surface area (Å²) in [6.07, 6.45) is 1.62. The topological polar surface area (TPSA) is 80.0 Å². The number of hydrogen-bond donors (Lipinski definition) is 2. The maximum Gasteiger partial charge on any atom is 0.360 e. The van der Waals surface area contributed by atoms with Crippen LogP contribution < -0.4 is 5.32 Å². The molecule has 0 spiro atoms. The third-order valence-corrected chi connectivity index (χ3v) is 2.56. The van der Waals surface area contributed by atoms with Gasteiger partial charge in [-0.15, -0.1) is 21.6 Å². The van der Waals surface area contributed by atoms with Crippen LogP contribution in [0.5, 0.6) is 0 Å². The summed E-state index contributed by atoms with van der Waals surface area (Å²) in [6, 6.07) is 7.49. The monoisotopic (exact) mass is 258 g/mol. The number of aromatic carboxylic acids is 1. The zero-order valence-corrected chi connectivity index (χ0v) is 10.5. The van der Waals surface area contributed by atoms with Gasteiger partial charge in [0.1, 0.15) is 0 Å². The van der Waals surface area contributed by atoms with E-state index in [9.17, 15) is 4.79 Å². The molecule has 0 saturated heterocycles. The Hall–Kier alpha value is -2.63. The van der Waals surface area contributed by atoms with Crippen LogP contribution in [-0.2, 0) is 0 Å². The van der Waals surface area contributed by atoms with Crippen molar-refractivity contribution >= 4 is 11.8 Å². The van der Waals surface area contributed by atoms with Crippen molar-refractivity contribution in [2.45, 2.75) is 6.92 Å². The van der Waals surface area contributed by atoms with Crippen LogP contribution in [0, 0.1) is 6.92 Å². The molecule has 0 atom stereocenters. The number of nitrogens with one attached hydrogen (secondary N) is 1. The number of para-hydroxylation sites is 1. The second kappa shape index (κ2) is 5.34. The van der Waals surface area contributed by atoms with Crippen LogP contribution in [-0.4, -0.2) is 32.6 Å². The van der Waals surface area contributed by atoms with E-state index in [0.717, 1.165) is 11.3 Å². The minimum absolute atomic E-state index is 0.106. The van der Waals surface area contributed by atoms with Crippen LogP contribution in [0.25, 0.3) is 5.69 Å². The van der Waals surface area contributed by atoms with Gasteiger partial charge in [0.2, 0.25) is 5.69 Å². The van der Waals surface area contributed by atoms with Gasteiger partial charge in [0, 0.05) is 6.54 Å². The van der Waals surface area contributed by atoms with E-state index >= 15 is 0 Å². The van der Waals surface area contributed by atoms with Crippen LogP contribution >= 0.6 is 0 Å². The Labute approximate surface area is 110 Å². The molecule has 1 heterocycles. The van der Waals surface area contributed by atoms with Crippen molar-refractivity contribution < 1.29 is 9.90 Å². The summed E-state index contributed by atoms with van der Waals surface area (Å²) in [4.78, 5) is 12.5. The van der Waals surface area contributed by atoms with Crippen LogP contribution in [0.3, 0.4) is 0 Å². The van der Waals surface area contributed by atoms with E-state index in [1.54, 1.807) is 6.08 Å². The van der Waals surface area contributed by atoms with Gasteiger partial charge >= 0.3 is 5.97 Å². The number of hydrogen-bond acceptors (Lipinski definition) is 4. The molecule has 0 bridgehead atoms. The highest BCUT2D eigenvalue weighted by molar-refractivity contribution is 5.90. The molecule has 2 N–H and O–H groups in total. The quantitative estimate of drug-likeness (QED) is 0.800. The number of nitrogens with zero attached hydrogens (tertiary/aromatic N) is 3. The van der Waals surface area contributed by atoms with Gasteiger partial charge in [-0.1, -0.05) is 24.3 Å². The van der Waals surface area contributed by atoms with E-state index in [-0.39, 0.29) is 11.5 Å². The Morgan fingerprint density at radius 3 is 2.84 bits per heavy atom. The standard InChI is InChI=1S/C13H14N4O2/c1-3-8-14-12-11(13(18)19)15-17(16-12)10-7-5-4-6-9(10)2/h3-7H,1,8H2,2H3,(H,14,16)(H,18,19). The predicted octanol–water partition coefficient (Wildman–Crippen LogP) is 1.87. The number of aromatic nitrogens is 3. The van der Waals surface area contributed by atoms with Gasteiger partial charge in [-0.05, 0) is 18.6 Å². The van der Waals surface area contributed by atoms with E-state index in [0.29, 0.717) is 6.54 Å². The van der Waals surface area contributed by atoms with E-state index < -0.39 is 5.97 Å². The maximum absolute atomic E-state index is 11.1. The molecule has 0 fully saturated rings. The van der Waals surface area contributed by atoms with E-state index in [1.807, 2.05) is 31.2 Å². The Morgan fingerprint density at radius 1 is 1.47 bits per heavy atom. The molecule has 2 rings (SSSR count). The Morgan fingerprint density at radius 2 is 2.21 bits per heavy atom. The highest BCUT2D eigenvalue weighted by atomic mass is 16.4. The average molecular weight is 258 g/mol. The Bertz CT molecular complexity index is 619.